The summed E-state index contributed by atoms with van der Waals surface area (Å²) >= 11 is 3.60. The zero-order valence-corrected chi connectivity index (χ0v) is 17.6. The van der Waals surface area contributed by atoms with Crippen LogP contribution in [0.4, 0.5) is 0 Å². The maximum absolute atomic E-state index is 13.3. The first kappa shape index (κ1) is 18.7. The Bertz CT molecular complexity index is 1060. The largest absolute Gasteiger partial charge is 0.496 e. The van der Waals surface area contributed by atoms with E-state index in [0.29, 0.717) is 35.9 Å². The summed E-state index contributed by atoms with van der Waals surface area (Å²) in [4.78, 5) is 18.7. The molecular weight excluding hydrogens is 424 g/mol. The van der Waals surface area contributed by atoms with E-state index in [2.05, 4.69) is 27.0 Å². The van der Waals surface area contributed by atoms with E-state index in [9.17, 15) is 4.79 Å². The van der Waals surface area contributed by atoms with Gasteiger partial charge in [-0.2, -0.15) is 0 Å². The highest BCUT2D eigenvalue weighted by atomic mass is 79.9. The molecule has 146 valence electrons. The minimum Gasteiger partial charge on any atom is -0.496 e. The number of rotatable bonds is 4. The van der Waals surface area contributed by atoms with E-state index in [4.69, 9.17) is 14.2 Å². The Labute approximate surface area is 171 Å². The van der Waals surface area contributed by atoms with Crippen molar-refractivity contribution in [1.82, 2.24) is 9.88 Å². The number of halogens is 1. The van der Waals surface area contributed by atoms with Crippen LogP contribution in [0.1, 0.15) is 21.6 Å². The fourth-order valence-corrected chi connectivity index (χ4v) is 4.21. The van der Waals surface area contributed by atoms with Crippen molar-refractivity contribution in [3.05, 3.63) is 51.6 Å². The molecule has 28 heavy (non-hydrogen) atoms. The van der Waals surface area contributed by atoms with Crippen LogP contribution < -0.4 is 14.2 Å². The molecule has 1 aliphatic rings. The molecule has 0 fully saturated rings. The van der Waals surface area contributed by atoms with Crippen molar-refractivity contribution in [2.24, 2.45) is 0 Å². The third-order valence-electron chi connectivity index (χ3n) is 5.18. The highest BCUT2D eigenvalue weighted by Gasteiger charge is 2.28. The smallest absolute Gasteiger partial charge is 0.258 e. The number of para-hydroxylation sites is 1. The predicted octanol–water partition coefficient (Wildman–Crippen LogP) is 4.15. The summed E-state index contributed by atoms with van der Waals surface area (Å²) in [6, 6.07) is 9.48. The van der Waals surface area contributed by atoms with Gasteiger partial charge in [0, 0.05) is 52.8 Å². The van der Waals surface area contributed by atoms with Gasteiger partial charge in [-0.15, -0.1) is 0 Å². The van der Waals surface area contributed by atoms with Gasteiger partial charge >= 0.3 is 0 Å². The third-order valence-corrected chi connectivity index (χ3v) is 5.84. The number of fused-ring (bicyclic) bond motifs is 3. The number of methoxy groups -OCH3 is 3. The minimum atomic E-state index is -0.0900. The fourth-order valence-electron chi connectivity index (χ4n) is 3.74. The number of aromatic amines is 1. The number of ether oxygens (including phenoxy) is 3. The fraction of sp³-hybridized carbons (Fsp3) is 0.286. The molecular formula is C21H21BrN2O4. The lowest BCUT2D eigenvalue weighted by Gasteiger charge is -2.28. The number of carbonyl (C=O) groups is 1. The van der Waals surface area contributed by atoms with Crippen LogP contribution in [0.2, 0.25) is 0 Å². The number of aromatic nitrogens is 1. The Hall–Kier alpha value is -2.67. The Kier molecular flexibility index (Phi) is 4.93. The van der Waals surface area contributed by atoms with E-state index in [1.807, 2.05) is 17.0 Å². The summed E-state index contributed by atoms with van der Waals surface area (Å²) in [5, 5.41) is 1.14. The first-order chi connectivity index (χ1) is 13.6. The molecule has 0 saturated heterocycles. The van der Waals surface area contributed by atoms with Gasteiger partial charge in [-0.1, -0.05) is 12.1 Å². The molecule has 6 nitrogen and oxygen atoms in total. The molecule has 0 radical (unpaired) electrons. The molecule has 1 aliphatic heterocycles. The SMILES string of the molecule is COc1cc(OC)c(C(=O)N2CCc3[nH]c4c(Br)cccc4c3C2)cc1OC. The minimum absolute atomic E-state index is 0.0900. The normalized spacial score (nSPS) is 13.4. The monoisotopic (exact) mass is 444 g/mol. The third kappa shape index (κ3) is 2.99. The number of hydrogen-bond donors (Lipinski definition) is 1. The van der Waals surface area contributed by atoms with Crippen LogP contribution in [-0.2, 0) is 13.0 Å². The van der Waals surface area contributed by atoms with Gasteiger partial charge in [-0.05, 0) is 22.0 Å². The lowest BCUT2D eigenvalue weighted by Crippen LogP contribution is -2.36. The molecule has 0 unspecified atom stereocenters. The average molecular weight is 445 g/mol. The van der Waals surface area contributed by atoms with Crippen LogP contribution in [0.25, 0.3) is 10.9 Å². The molecule has 1 amide bonds. The quantitative estimate of drug-likeness (QED) is 0.656. The van der Waals surface area contributed by atoms with Crippen LogP contribution in [0.5, 0.6) is 17.2 Å². The average Bonchev–Trinajstić information content (AvgIpc) is 3.11. The van der Waals surface area contributed by atoms with Gasteiger partial charge in [0.25, 0.3) is 5.91 Å². The topological polar surface area (TPSA) is 63.8 Å². The zero-order chi connectivity index (χ0) is 19.8. The number of nitrogens with zero attached hydrogens (tertiary/aromatic N) is 1. The summed E-state index contributed by atoms with van der Waals surface area (Å²) in [5.74, 6) is 1.40. The molecule has 0 aliphatic carbocycles. The first-order valence-corrected chi connectivity index (χ1v) is 9.74. The van der Waals surface area contributed by atoms with Crippen molar-refractivity contribution in [2.75, 3.05) is 27.9 Å². The van der Waals surface area contributed by atoms with E-state index < -0.39 is 0 Å². The second-order valence-electron chi connectivity index (χ2n) is 6.63. The molecule has 0 saturated carbocycles. The molecule has 2 aromatic carbocycles. The van der Waals surface area contributed by atoms with Crippen LogP contribution in [0.3, 0.4) is 0 Å². The Morgan fingerprint density at radius 2 is 1.79 bits per heavy atom. The van der Waals surface area contributed by atoms with E-state index >= 15 is 0 Å². The van der Waals surface area contributed by atoms with Crippen molar-refractivity contribution >= 4 is 32.7 Å². The highest BCUT2D eigenvalue weighted by Crippen LogP contribution is 2.37. The van der Waals surface area contributed by atoms with Gasteiger partial charge in [-0.3, -0.25) is 4.79 Å². The lowest BCUT2D eigenvalue weighted by molar-refractivity contribution is 0.0731. The predicted molar refractivity (Wildman–Crippen MR) is 111 cm³/mol. The van der Waals surface area contributed by atoms with Crippen molar-refractivity contribution < 1.29 is 19.0 Å². The second-order valence-corrected chi connectivity index (χ2v) is 7.48. The van der Waals surface area contributed by atoms with Crippen LogP contribution in [0, 0.1) is 0 Å². The number of hydrogen-bond acceptors (Lipinski definition) is 4. The molecule has 0 bridgehead atoms. The molecule has 0 atom stereocenters. The number of nitrogens with one attached hydrogen (secondary N) is 1. The van der Waals surface area contributed by atoms with Crippen LogP contribution >= 0.6 is 15.9 Å². The summed E-state index contributed by atoms with van der Waals surface area (Å²) in [5.41, 5.74) is 3.88. The van der Waals surface area contributed by atoms with Gasteiger partial charge in [0.15, 0.2) is 11.5 Å². The molecule has 4 rings (SSSR count). The van der Waals surface area contributed by atoms with Gasteiger partial charge in [0.05, 0.1) is 32.4 Å². The summed E-state index contributed by atoms with van der Waals surface area (Å²) in [6.07, 6.45) is 0.776. The van der Waals surface area contributed by atoms with E-state index in [-0.39, 0.29) is 5.91 Å². The summed E-state index contributed by atoms with van der Waals surface area (Å²) in [7, 11) is 4.65. The van der Waals surface area contributed by atoms with E-state index in [0.717, 1.165) is 27.4 Å². The molecule has 1 N–H and O–H groups in total. The van der Waals surface area contributed by atoms with Crippen LogP contribution in [-0.4, -0.2) is 43.7 Å². The van der Waals surface area contributed by atoms with Crippen molar-refractivity contribution in [1.29, 1.82) is 0 Å². The van der Waals surface area contributed by atoms with Gasteiger partial charge in [-0.25, -0.2) is 0 Å². The molecule has 0 spiro atoms. The molecule has 3 aromatic rings. The second kappa shape index (κ2) is 7.39. The van der Waals surface area contributed by atoms with Crippen molar-refractivity contribution in [3.63, 3.8) is 0 Å². The Morgan fingerprint density at radius 1 is 1.07 bits per heavy atom. The number of H-pyrrole nitrogens is 1. The molecule has 7 heteroatoms. The molecule has 1 aromatic heterocycles. The number of amides is 1. The Morgan fingerprint density at radius 3 is 2.50 bits per heavy atom. The van der Waals surface area contributed by atoms with Gasteiger partial charge in [0.2, 0.25) is 0 Å². The number of carbonyl (C=O) groups excluding carboxylic acids is 1. The van der Waals surface area contributed by atoms with Crippen molar-refractivity contribution in [3.8, 4) is 17.2 Å². The first-order valence-electron chi connectivity index (χ1n) is 8.94. The van der Waals surface area contributed by atoms with E-state index in [1.165, 1.54) is 5.69 Å². The maximum Gasteiger partial charge on any atom is 0.258 e. The Balaban J connectivity index is 1.71. The lowest BCUT2D eigenvalue weighted by atomic mass is 10.0. The van der Waals surface area contributed by atoms with Gasteiger partial charge < -0.3 is 24.1 Å². The summed E-state index contributed by atoms with van der Waals surface area (Å²) in [6.45, 7) is 1.18. The van der Waals surface area contributed by atoms with Gasteiger partial charge in [0.1, 0.15) is 5.75 Å². The van der Waals surface area contributed by atoms with Crippen LogP contribution in [0.15, 0.2) is 34.8 Å². The summed E-state index contributed by atoms with van der Waals surface area (Å²) < 4.78 is 17.2. The van der Waals surface area contributed by atoms with Crippen molar-refractivity contribution in [2.45, 2.75) is 13.0 Å². The zero-order valence-electron chi connectivity index (χ0n) is 16.0. The number of benzene rings is 2. The highest BCUT2D eigenvalue weighted by molar-refractivity contribution is 9.10. The molecule has 2 heterocycles. The maximum atomic E-state index is 13.3. The standard InChI is InChI=1S/C21H21BrN2O4/c1-26-17-10-19(28-3)18(27-2)9-13(17)21(25)24-8-7-16-14(11-24)12-5-4-6-15(22)20(12)23-16/h4-6,9-10,23H,7-8,11H2,1-3H3. The van der Waals surface area contributed by atoms with E-state index in [1.54, 1.807) is 33.5 Å².